The second kappa shape index (κ2) is 9.38. The first-order valence-electron chi connectivity index (χ1n) is 11.3. The third-order valence-electron chi connectivity index (χ3n) is 7.03. The van der Waals surface area contributed by atoms with Crippen LogP contribution in [0, 0.1) is 26.7 Å². The van der Waals surface area contributed by atoms with Crippen molar-refractivity contribution < 1.29 is 14.6 Å². The molecule has 2 N–H and O–H groups in total. The van der Waals surface area contributed by atoms with Crippen molar-refractivity contribution in [3.8, 4) is 0 Å². The molecule has 1 amide bonds. The van der Waals surface area contributed by atoms with Gasteiger partial charge in [0.25, 0.3) is 11.5 Å². The number of aromatic amines is 1. The third kappa shape index (κ3) is 4.24. The third-order valence-corrected chi connectivity index (χ3v) is 7.44. The summed E-state index contributed by atoms with van der Waals surface area (Å²) in [7, 11) is 0. The number of aryl methyl sites for hydroxylation is 3. The first-order chi connectivity index (χ1) is 15.3. The Bertz CT molecular complexity index is 1090. The van der Waals surface area contributed by atoms with E-state index in [0.29, 0.717) is 42.3 Å². The van der Waals surface area contributed by atoms with Crippen molar-refractivity contribution in [1.82, 2.24) is 9.88 Å². The number of ether oxygens (including phenoxy) is 1. The van der Waals surface area contributed by atoms with Gasteiger partial charge in [0.05, 0.1) is 23.7 Å². The molecule has 1 aromatic heterocycles. The second-order valence-corrected chi connectivity index (χ2v) is 9.49. The molecule has 0 spiro atoms. The van der Waals surface area contributed by atoms with Gasteiger partial charge in [-0.2, -0.15) is 0 Å². The highest BCUT2D eigenvalue weighted by Gasteiger charge is 2.34. The topological polar surface area (TPSA) is 82.6 Å². The summed E-state index contributed by atoms with van der Waals surface area (Å²) >= 11 is 6.88. The van der Waals surface area contributed by atoms with E-state index >= 15 is 0 Å². The number of aliphatic hydroxyl groups is 1. The summed E-state index contributed by atoms with van der Waals surface area (Å²) in [6, 6.07) is 3.98. The van der Waals surface area contributed by atoms with E-state index in [1.54, 1.807) is 4.90 Å². The molecule has 3 heterocycles. The quantitative estimate of drug-likeness (QED) is 0.716. The normalized spacial score (nSPS) is 18.0. The number of nitrogens with zero attached hydrogens (tertiary/aromatic N) is 1. The number of aliphatic hydroxyl groups excluding tert-OH is 1. The number of carbonyl (C=O) groups is 1. The molecule has 1 atom stereocenters. The van der Waals surface area contributed by atoms with Crippen molar-refractivity contribution >= 4 is 17.5 Å². The van der Waals surface area contributed by atoms with Gasteiger partial charge in [-0.25, -0.2) is 0 Å². The number of nitrogens with one attached hydrogen (secondary N) is 1. The number of fused-ring (bicyclic) bond motifs is 1. The largest absolute Gasteiger partial charge is 0.396 e. The molecule has 0 aliphatic carbocycles. The standard InChI is InChI=1S/C25H31ClN2O4/c1-14-10-16(3)27-24(30)20(14)12-28-7-4-18-15(2)11-19(23(26)22(18)25(28)31)21(13-29)17-5-8-32-9-6-17/h10-11,17,21,29H,4-9,12-13H2,1-3H3,(H,27,30). The number of aromatic nitrogens is 1. The number of rotatable bonds is 5. The van der Waals surface area contributed by atoms with Gasteiger partial charge in [0.15, 0.2) is 0 Å². The minimum absolute atomic E-state index is 0.0154. The minimum atomic E-state index is -0.156. The van der Waals surface area contributed by atoms with E-state index in [4.69, 9.17) is 16.3 Å². The molecule has 1 aromatic carbocycles. The lowest BCUT2D eigenvalue weighted by atomic mass is 9.79. The van der Waals surface area contributed by atoms with E-state index in [1.807, 2.05) is 26.8 Å². The van der Waals surface area contributed by atoms with Gasteiger partial charge in [-0.05, 0) is 74.3 Å². The lowest BCUT2D eigenvalue weighted by Crippen LogP contribution is -2.39. The van der Waals surface area contributed by atoms with E-state index in [-0.39, 0.29) is 36.5 Å². The van der Waals surface area contributed by atoms with E-state index < -0.39 is 0 Å². The van der Waals surface area contributed by atoms with Crippen LogP contribution in [0.4, 0.5) is 0 Å². The number of hydrogen-bond acceptors (Lipinski definition) is 4. The summed E-state index contributed by atoms with van der Waals surface area (Å²) in [6.07, 6.45) is 2.43. The molecule has 32 heavy (non-hydrogen) atoms. The Morgan fingerprint density at radius 3 is 2.56 bits per heavy atom. The molecule has 7 heteroatoms. The van der Waals surface area contributed by atoms with Crippen LogP contribution in [-0.2, 0) is 17.7 Å². The first-order valence-corrected chi connectivity index (χ1v) is 11.7. The number of benzene rings is 1. The molecular weight excluding hydrogens is 428 g/mol. The van der Waals surface area contributed by atoms with Crippen molar-refractivity contribution in [3.05, 3.63) is 66.6 Å². The number of hydrogen-bond donors (Lipinski definition) is 2. The van der Waals surface area contributed by atoms with E-state index in [9.17, 15) is 14.7 Å². The van der Waals surface area contributed by atoms with Gasteiger partial charge in [-0.1, -0.05) is 17.7 Å². The average molecular weight is 459 g/mol. The van der Waals surface area contributed by atoms with Gasteiger partial charge >= 0.3 is 0 Å². The van der Waals surface area contributed by atoms with Gasteiger partial charge in [0.1, 0.15) is 0 Å². The maximum atomic E-state index is 13.6. The van der Waals surface area contributed by atoms with E-state index in [2.05, 4.69) is 11.1 Å². The van der Waals surface area contributed by atoms with Crippen LogP contribution in [0.5, 0.6) is 0 Å². The van der Waals surface area contributed by atoms with Crippen LogP contribution in [0.2, 0.25) is 5.02 Å². The van der Waals surface area contributed by atoms with Gasteiger partial charge in [0.2, 0.25) is 0 Å². The molecule has 0 saturated carbocycles. The Balaban J connectivity index is 1.70. The van der Waals surface area contributed by atoms with Gasteiger partial charge in [0, 0.05) is 36.9 Å². The zero-order valence-electron chi connectivity index (χ0n) is 19.0. The smallest absolute Gasteiger partial charge is 0.255 e. The molecule has 0 radical (unpaired) electrons. The molecule has 4 rings (SSSR count). The highest BCUT2D eigenvalue weighted by molar-refractivity contribution is 6.35. The predicted molar refractivity (Wildman–Crippen MR) is 125 cm³/mol. The van der Waals surface area contributed by atoms with Crippen LogP contribution in [0.15, 0.2) is 16.9 Å². The summed E-state index contributed by atoms with van der Waals surface area (Å²) in [5, 5.41) is 10.7. The summed E-state index contributed by atoms with van der Waals surface area (Å²) in [6.45, 7) is 7.89. The van der Waals surface area contributed by atoms with Crippen LogP contribution in [0.3, 0.4) is 0 Å². The van der Waals surface area contributed by atoms with Crippen LogP contribution in [0.1, 0.15) is 62.6 Å². The van der Waals surface area contributed by atoms with Crippen molar-refractivity contribution in [2.24, 2.45) is 5.92 Å². The summed E-state index contributed by atoms with van der Waals surface area (Å²) in [4.78, 5) is 30.6. The molecule has 1 saturated heterocycles. The summed E-state index contributed by atoms with van der Waals surface area (Å²) in [5.74, 6) is -0.00253. The minimum Gasteiger partial charge on any atom is -0.396 e. The number of amides is 1. The van der Waals surface area contributed by atoms with E-state index in [1.165, 1.54) is 0 Å². The zero-order chi connectivity index (χ0) is 23.0. The average Bonchev–Trinajstić information content (AvgIpc) is 2.76. The maximum absolute atomic E-state index is 13.6. The van der Waals surface area contributed by atoms with Crippen LogP contribution in [-0.4, -0.2) is 47.3 Å². The molecular formula is C25H31ClN2O4. The Morgan fingerprint density at radius 1 is 1.19 bits per heavy atom. The molecule has 2 aliphatic rings. The molecule has 172 valence electrons. The number of carbonyl (C=O) groups excluding carboxylic acids is 1. The van der Waals surface area contributed by atoms with Crippen LogP contribution in [0.25, 0.3) is 0 Å². The molecule has 1 fully saturated rings. The van der Waals surface area contributed by atoms with Crippen molar-refractivity contribution in [2.75, 3.05) is 26.4 Å². The lowest BCUT2D eigenvalue weighted by molar-refractivity contribution is 0.0492. The molecule has 2 aromatic rings. The Kier molecular flexibility index (Phi) is 6.75. The SMILES string of the molecule is Cc1cc(C)c(CN2CCc3c(C)cc(C(CO)C4CCOCC4)c(Cl)c3C2=O)c(=O)[nH]1. The maximum Gasteiger partial charge on any atom is 0.255 e. The molecule has 1 unspecified atom stereocenters. The highest BCUT2D eigenvalue weighted by atomic mass is 35.5. The molecule has 0 bridgehead atoms. The Labute approximate surface area is 193 Å². The molecule has 6 nitrogen and oxygen atoms in total. The van der Waals surface area contributed by atoms with Gasteiger partial charge < -0.3 is 19.7 Å². The van der Waals surface area contributed by atoms with Crippen LogP contribution < -0.4 is 5.56 Å². The van der Waals surface area contributed by atoms with Crippen molar-refractivity contribution in [3.63, 3.8) is 0 Å². The van der Waals surface area contributed by atoms with Crippen molar-refractivity contribution in [1.29, 1.82) is 0 Å². The number of halogens is 1. The Hall–Kier alpha value is -2.15. The first kappa shape index (κ1) is 23.0. The van der Waals surface area contributed by atoms with Crippen LogP contribution >= 0.6 is 11.6 Å². The Morgan fingerprint density at radius 2 is 1.91 bits per heavy atom. The fraction of sp³-hybridized carbons (Fsp3) is 0.520. The fourth-order valence-electron chi connectivity index (χ4n) is 5.22. The fourth-order valence-corrected chi connectivity index (χ4v) is 5.61. The van der Waals surface area contributed by atoms with E-state index in [0.717, 1.165) is 40.8 Å². The number of H-pyrrole nitrogens is 1. The second-order valence-electron chi connectivity index (χ2n) is 9.11. The van der Waals surface area contributed by atoms with Crippen molar-refractivity contribution in [2.45, 2.75) is 52.5 Å². The molecule has 2 aliphatic heterocycles. The van der Waals surface area contributed by atoms with Gasteiger partial charge in [-0.15, -0.1) is 0 Å². The predicted octanol–water partition coefficient (Wildman–Crippen LogP) is 3.65. The number of pyridine rings is 1. The summed E-state index contributed by atoms with van der Waals surface area (Å²) in [5.41, 5.74) is 5.50. The lowest BCUT2D eigenvalue weighted by Gasteiger charge is -2.34. The highest BCUT2D eigenvalue weighted by Crippen LogP contribution is 2.40. The monoisotopic (exact) mass is 458 g/mol. The summed E-state index contributed by atoms with van der Waals surface area (Å²) < 4.78 is 5.49. The zero-order valence-corrected chi connectivity index (χ0v) is 19.7. The van der Waals surface area contributed by atoms with Gasteiger partial charge in [-0.3, -0.25) is 9.59 Å².